The normalized spacial score (nSPS) is 13.8. The number of hydrogen-bond acceptors (Lipinski definition) is 3. The van der Waals surface area contributed by atoms with Gasteiger partial charge in [-0.1, -0.05) is 13.8 Å². The molecule has 0 spiro atoms. The van der Waals surface area contributed by atoms with Gasteiger partial charge in [0.25, 0.3) is 0 Å². The highest BCUT2D eigenvalue weighted by molar-refractivity contribution is 7.12. The molecule has 1 heterocycles. The van der Waals surface area contributed by atoms with Gasteiger partial charge in [-0.3, -0.25) is 4.79 Å². The number of carboxylic acids is 1. The van der Waals surface area contributed by atoms with Crippen molar-refractivity contribution in [1.29, 1.82) is 0 Å². The molecule has 1 rings (SSSR count). The van der Waals surface area contributed by atoms with E-state index in [-0.39, 0.29) is 24.5 Å². The maximum atomic E-state index is 11.9. The van der Waals surface area contributed by atoms with Gasteiger partial charge in [-0.25, -0.2) is 4.79 Å². The number of amides is 2. The monoisotopic (exact) mass is 312 g/mol. The molecule has 0 saturated carbocycles. The Labute approximate surface area is 129 Å². The Hall–Kier alpha value is -1.56. The lowest BCUT2D eigenvalue weighted by Gasteiger charge is -2.19. The van der Waals surface area contributed by atoms with E-state index in [0.29, 0.717) is 0 Å². The van der Waals surface area contributed by atoms with Crippen LogP contribution in [-0.4, -0.2) is 23.7 Å². The van der Waals surface area contributed by atoms with Crippen LogP contribution in [0.5, 0.6) is 0 Å². The third-order valence-corrected chi connectivity index (χ3v) is 4.48. The standard InChI is InChI=1S/C15H24N2O3S/c1-8(2)13(14(18)19)7-16-15(20)17-10(4)12-6-9(3)21-11(12)5/h6,8,10,13H,7H2,1-5H3,(H,18,19)(H2,16,17,20). The number of rotatable bonds is 6. The first kappa shape index (κ1) is 17.5. The first-order chi connectivity index (χ1) is 9.72. The number of carbonyl (C=O) groups excluding carboxylic acids is 1. The van der Waals surface area contributed by atoms with Crippen LogP contribution in [0.15, 0.2) is 6.07 Å². The zero-order chi connectivity index (χ0) is 16.2. The molecule has 5 nitrogen and oxygen atoms in total. The topological polar surface area (TPSA) is 78.4 Å². The lowest BCUT2D eigenvalue weighted by Crippen LogP contribution is -2.42. The zero-order valence-corrected chi connectivity index (χ0v) is 14.0. The van der Waals surface area contributed by atoms with Gasteiger partial charge >= 0.3 is 12.0 Å². The zero-order valence-electron chi connectivity index (χ0n) is 13.2. The van der Waals surface area contributed by atoms with Gasteiger partial charge in [-0.2, -0.15) is 0 Å². The van der Waals surface area contributed by atoms with Crippen LogP contribution in [0, 0.1) is 25.7 Å². The maximum Gasteiger partial charge on any atom is 0.315 e. The van der Waals surface area contributed by atoms with Crippen LogP contribution in [-0.2, 0) is 4.79 Å². The summed E-state index contributed by atoms with van der Waals surface area (Å²) in [7, 11) is 0. The van der Waals surface area contributed by atoms with Crippen molar-refractivity contribution in [3.8, 4) is 0 Å². The second-order valence-electron chi connectivity index (χ2n) is 5.63. The molecule has 2 atom stereocenters. The fraction of sp³-hybridized carbons (Fsp3) is 0.600. The van der Waals surface area contributed by atoms with E-state index in [1.54, 1.807) is 11.3 Å². The third kappa shape index (κ3) is 5.04. The molecular formula is C15H24N2O3S. The molecule has 0 bridgehead atoms. The highest BCUT2D eigenvalue weighted by Gasteiger charge is 2.22. The van der Waals surface area contributed by atoms with E-state index in [4.69, 9.17) is 5.11 Å². The number of aryl methyl sites for hydroxylation is 2. The Balaban J connectivity index is 2.54. The van der Waals surface area contributed by atoms with Crippen molar-refractivity contribution in [3.05, 3.63) is 21.4 Å². The number of carbonyl (C=O) groups is 2. The van der Waals surface area contributed by atoms with Gasteiger partial charge in [0.2, 0.25) is 0 Å². The molecule has 6 heteroatoms. The van der Waals surface area contributed by atoms with Crippen molar-refractivity contribution in [2.45, 2.75) is 40.7 Å². The molecule has 3 N–H and O–H groups in total. The van der Waals surface area contributed by atoms with Gasteiger partial charge in [0, 0.05) is 16.3 Å². The quantitative estimate of drug-likeness (QED) is 0.755. The van der Waals surface area contributed by atoms with Crippen molar-refractivity contribution >= 4 is 23.3 Å². The molecule has 0 radical (unpaired) electrons. The molecule has 0 saturated heterocycles. The highest BCUT2D eigenvalue weighted by atomic mass is 32.1. The highest BCUT2D eigenvalue weighted by Crippen LogP contribution is 2.25. The number of aliphatic carboxylic acids is 1. The summed E-state index contributed by atoms with van der Waals surface area (Å²) in [5.74, 6) is -1.49. The van der Waals surface area contributed by atoms with E-state index in [2.05, 4.69) is 16.7 Å². The van der Waals surface area contributed by atoms with Crippen LogP contribution in [0.2, 0.25) is 0 Å². The number of nitrogens with one attached hydrogen (secondary N) is 2. The Morgan fingerprint density at radius 3 is 2.33 bits per heavy atom. The average Bonchev–Trinajstić information content (AvgIpc) is 2.67. The lowest BCUT2D eigenvalue weighted by atomic mass is 9.96. The number of thiophene rings is 1. The van der Waals surface area contributed by atoms with Crippen LogP contribution in [0.1, 0.15) is 42.1 Å². The summed E-state index contributed by atoms with van der Waals surface area (Å²) in [6.45, 7) is 9.78. The van der Waals surface area contributed by atoms with Gasteiger partial charge in [0.15, 0.2) is 0 Å². The second-order valence-corrected chi connectivity index (χ2v) is 7.09. The number of hydrogen-bond donors (Lipinski definition) is 3. The summed E-state index contributed by atoms with van der Waals surface area (Å²) in [6.07, 6.45) is 0. The second kappa shape index (κ2) is 7.45. The molecule has 0 fully saturated rings. The third-order valence-electron chi connectivity index (χ3n) is 3.50. The van der Waals surface area contributed by atoms with E-state index >= 15 is 0 Å². The van der Waals surface area contributed by atoms with Crippen LogP contribution < -0.4 is 10.6 Å². The average molecular weight is 312 g/mol. The maximum absolute atomic E-state index is 11.9. The van der Waals surface area contributed by atoms with Crippen molar-refractivity contribution in [2.75, 3.05) is 6.54 Å². The van der Waals surface area contributed by atoms with Crippen LogP contribution in [0.3, 0.4) is 0 Å². The summed E-state index contributed by atoms with van der Waals surface area (Å²) < 4.78 is 0. The SMILES string of the molecule is Cc1cc(C(C)NC(=O)NCC(C(=O)O)C(C)C)c(C)s1. The van der Waals surface area contributed by atoms with Crippen LogP contribution >= 0.6 is 11.3 Å². The largest absolute Gasteiger partial charge is 0.481 e. The summed E-state index contributed by atoms with van der Waals surface area (Å²) in [6, 6.07) is 1.63. The van der Waals surface area contributed by atoms with Crippen molar-refractivity contribution < 1.29 is 14.7 Å². The molecule has 0 aliphatic rings. The van der Waals surface area contributed by atoms with Gasteiger partial charge < -0.3 is 15.7 Å². The van der Waals surface area contributed by atoms with E-state index in [0.717, 1.165) is 5.56 Å². The Morgan fingerprint density at radius 1 is 1.29 bits per heavy atom. The number of urea groups is 1. The molecule has 0 aromatic carbocycles. The summed E-state index contributed by atoms with van der Waals surface area (Å²) in [4.78, 5) is 25.4. The minimum Gasteiger partial charge on any atom is -0.481 e. The Bertz CT molecular complexity index is 511. The van der Waals surface area contributed by atoms with Gasteiger partial charge in [-0.05, 0) is 38.3 Å². The predicted octanol–water partition coefficient (Wildman–Crippen LogP) is 3.08. The van der Waals surface area contributed by atoms with Crippen molar-refractivity contribution in [1.82, 2.24) is 10.6 Å². The molecule has 0 aliphatic carbocycles. The molecule has 118 valence electrons. The summed E-state index contributed by atoms with van der Waals surface area (Å²) in [5, 5.41) is 14.6. The smallest absolute Gasteiger partial charge is 0.315 e. The van der Waals surface area contributed by atoms with E-state index < -0.39 is 11.9 Å². The van der Waals surface area contributed by atoms with E-state index in [9.17, 15) is 9.59 Å². The molecule has 2 amide bonds. The molecule has 2 unspecified atom stereocenters. The van der Waals surface area contributed by atoms with Crippen LogP contribution in [0.4, 0.5) is 4.79 Å². The first-order valence-corrected chi connectivity index (χ1v) is 7.88. The van der Waals surface area contributed by atoms with E-state index in [1.807, 2.05) is 34.6 Å². The molecule has 0 aliphatic heterocycles. The predicted molar refractivity (Wildman–Crippen MR) is 84.7 cm³/mol. The van der Waals surface area contributed by atoms with E-state index in [1.165, 1.54) is 9.75 Å². The minimum absolute atomic E-state index is 0.0259. The molecule has 1 aromatic rings. The summed E-state index contributed by atoms with van der Waals surface area (Å²) >= 11 is 1.70. The minimum atomic E-state index is -0.886. The molecule has 21 heavy (non-hydrogen) atoms. The van der Waals surface area contributed by atoms with Crippen LogP contribution in [0.25, 0.3) is 0 Å². The number of carboxylic acid groups (broad SMARTS) is 1. The Kier molecular flexibility index (Phi) is 6.20. The fourth-order valence-corrected chi connectivity index (χ4v) is 3.24. The lowest BCUT2D eigenvalue weighted by molar-refractivity contribution is -0.142. The fourth-order valence-electron chi connectivity index (χ4n) is 2.22. The van der Waals surface area contributed by atoms with Gasteiger partial charge in [0.05, 0.1) is 12.0 Å². The van der Waals surface area contributed by atoms with Crippen molar-refractivity contribution in [3.63, 3.8) is 0 Å². The van der Waals surface area contributed by atoms with Gasteiger partial charge in [-0.15, -0.1) is 11.3 Å². The molecule has 1 aromatic heterocycles. The summed E-state index contributed by atoms with van der Waals surface area (Å²) in [5.41, 5.74) is 1.10. The Morgan fingerprint density at radius 2 is 1.90 bits per heavy atom. The first-order valence-electron chi connectivity index (χ1n) is 7.06. The van der Waals surface area contributed by atoms with Gasteiger partial charge in [0.1, 0.15) is 0 Å². The van der Waals surface area contributed by atoms with Crippen molar-refractivity contribution in [2.24, 2.45) is 11.8 Å². The molecular weight excluding hydrogens is 288 g/mol.